The highest BCUT2D eigenvalue weighted by atomic mass is 32.1. The Labute approximate surface area is 146 Å². The molecule has 1 unspecified atom stereocenters. The molecule has 7 heteroatoms. The molecule has 2 rings (SSSR count). The SMILES string of the molecule is CCc1nc(CNC(=NC)NCC(C)Oc2cccc(F)c2)cs1. The summed E-state index contributed by atoms with van der Waals surface area (Å²) in [5.74, 6) is 0.886. The molecule has 24 heavy (non-hydrogen) atoms. The van der Waals surface area contributed by atoms with Crippen molar-refractivity contribution in [3.63, 3.8) is 0 Å². The predicted molar refractivity (Wildman–Crippen MR) is 96.2 cm³/mol. The molecule has 2 aromatic rings. The third-order valence-electron chi connectivity index (χ3n) is 3.25. The number of thiazole rings is 1. The van der Waals surface area contributed by atoms with Crippen LogP contribution in [0.5, 0.6) is 5.75 Å². The maximum absolute atomic E-state index is 13.1. The highest BCUT2D eigenvalue weighted by molar-refractivity contribution is 7.09. The molecule has 0 saturated carbocycles. The van der Waals surface area contributed by atoms with Crippen LogP contribution in [0.15, 0.2) is 34.6 Å². The van der Waals surface area contributed by atoms with Gasteiger partial charge in [-0.1, -0.05) is 13.0 Å². The lowest BCUT2D eigenvalue weighted by Gasteiger charge is -2.17. The zero-order chi connectivity index (χ0) is 17.4. The average Bonchev–Trinajstić information content (AvgIpc) is 3.03. The van der Waals surface area contributed by atoms with E-state index in [4.69, 9.17) is 4.74 Å². The zero-order valence-electron chi connectivity index (χ0n) is 14.2. The molecule has 0 amide bonds. The van der Waals surface area contributed by atoms with Crippen molar-refractivity contribution in [1.29, 1.82) is 0 Å². The Morgan fingerprint density at radius 2 is 2.25 bits per heavy atom. The van der Waals surface area contributed by atoms with E-state index in [1.807, 2.05) is 6.92 Å². The van der Waals surface area contributed by atoms with E-state index >= 15 is 0 Å². The Morgan fingerprint density at radius 1 is 1.42 bits per heavy atom. The van der Waals surface area contributed by atoms with Gasteiger partial charge in [-0.3, -0.25) is 4.99 Å². The molecule has 1 aromatic heterocycles. The minimum absolute atomic E-state index is 0.128. The van der Waals surface area contributed by atoms with Crippen LogP contribution in [-0.2, 0) is 13.0 Å². The monoisotopic (exact) mass is 350 g/mol. The van der Waals surface area contributed by atoms with Crippen LogP contribution in [-0.4, -0.2) is 30.6 Å². The van der Waals surface area contributed by atoms with Gasteiger partial charge in [0.2, 0.25) is 0 Å². The Kier molecular flexibility index (Phi) is 6.99. The predicted octanol–water partition coefficient (Wildman–Crippen LogP) is 2.98. The van der Waals surface area contributed by atoms with Gasteiger partial charge in [-0.15, -0.1) is 11.3 Å². The van der Waals surface area contributed by atoms with Crippen molar-refractivity contribution in [2.75, 3.05) is 13.6 Å². The summed E-state index contributed by atoms with van der Waals surface area (Å²) in [5, 5.41) is 9.59. The summed E-state index contributed by atoms with van der Waals surface area (Å²) in [4.78, 5) is 8.69. The van der Waals surface area contributed by atoms with Gasteiger partial charge in [-0.25, -0.2) is 9.37 Å². The van der Waals surface area contributed by atoms with E-state index in [9.17, 15) is 4.39 Å². The molecule has 0 bridgehead atoms. The third kappa shape index (κ3) is 5.81. The van der Waals surface area contributed by atoms with Crippen LogP contribution in [0.3, 0.4) is 0 Å². The molecule has 2 N–H and O–H groups in total. The van der Waals surface area contributed by atoms with Crippen LogP contribution in [0, 0.1) is 5.82 Å². The molecule has 1 aromatic carbocycles. The second kappa shape index (κ2) is 9.22. The number of aliphatic imine (C=N–C) groups is 1. The van der Waals surface area contributed by atoms with Crippen molar-refractivity contribution >= 4 is 17.3 Å². The van der Waals surface area contributed by atoms with Gasteiger partial charge in [0.05, 0.1) is 23.8 Å². The normalized spacial score (nSPS) is 12.8. The molecular weight excluding hydrogens is 327 g/mol. The van der Waals surface area contributed by atoms with Crippen molar-refractivity contribution in [3.8, 4) is 5.75 Å². The molecule has 130 valence electrons. The maximum atomic E-state index is 13.1. The van der Waals surface area contributed by atoms with Crippen LogP contribution in [0.2, 0.25) is 0 Å². The van der Waals surface area contributed by atoms with E-state index in [1.54, 1.807) is 30.5 Å². The number of nitrogens with zero attached hydrogens (tertiary/aromatic N) is 2. The van der Waals surface area contributed by atoms with Gasteiger partial charge in [0.25, 0.3) is 0 Å². The van der Waals surface area contributed by atoms with Crippen molar-refractivity contribution in [2.45, 2.75) is 32.9 Å². The Morgan fingerprint density at radius 3 is 2.92 bits per heavy atom. The fraction of sp³-hybridized carbons (Fsp3) is 0.412. The summed E-state index contributed by atoms with van der Waals surface area (Å²) in [5.41, 5.74) is 1.00. The lowest BCUT2D eigenvalue weighted by molar-refractivity contribution is 0.223. The summed E-state index contributed by atoms with van der Waals surface area (Å²) in [6.45, 7) is 5.18. The lowest BCUT2D eigenvalue weighted by atomic mass is 10.3. The number of halogens is 1. The highest BCUT2D eigenvalue weighted by Crippen LogP contribution is 2.13. The van der Waals surface area contributed by atoms with Crippen LogP contribution in [0.1, 0.15) is 24.5 Å². The van der Waals surface area contributed by atoms with Crippen LogP contribution >= 0.6 is 11.3 Å². The first kappa shape index (κ1) is 18.2. The number of rotatable bonds is 7. The van der Waals surface area contributed by atoms with Crippen molar-refractivity contribution in [1.82, 2.24) is 15.6 Å². The fourth-order valence-electron chi connectivity index (χ4n) is 2.04. The second-order valence-electron chi connectivity index (χ2n) is 5.28. The van der Waals surface area contributed by atoms with Gasteiger partial charge < -0.3 is 15.4 Å². The molecule has 0 radical (unpaired) electrons. The smallest absolute Gasteiger partial charge is 0.191 e. The number of aromatic nitrogens is 1. The van der Waals surface area contributed by atoms with E-state index in [-0.39, 0.29) is 11.9 Å². The quantitative estimate of drug-likeness (QED) is 0.595. The van der Waals surface area contributed by atoms with Gasteiger partial charge in [-0.05, 0) is 25.5 Å². The largest absolute Gasteiger partial charge is 0.489 e. The lowest BCUT2D eigenvalue weighted by Crippen LogP contribution is -2.41. The molecule has 0 fully saturated rings. The van der Waals surface area contributed by atoms with E-state index in [0.717, 1.165) is 17.1 Å². The number of aryl methyl sites for hydroxylation is 1. The first-order chi connectivity index (χ1) is 11.6. The van der Waals surface area contributed by atoms with E-state index < -0.39 is 0 Å². The van der Waals surface area contributed by atoms with E-state index in [2.05, 4.69) is 32.9 Å². The first-order valence-electron chi connectivity index (χ1n) is 7.90. The second-order valence-corrected chi connectivity index (χ2v) is 6.22. The zero-order valence-corrected chi connectivity index (χ0v) is 15.0. The Balaban J connectivity index is 1.76. The number of ether oxygens (including phenoxy) is 1. The standard InChI is InChI=1S/C17H23FN4OS/c1-4-16-22-14(11-24-16)10-21-17(19-3)20-9-12(2)23-15-7-5-6-13(18)8-15/h5-8,11-12H,4,9-10H2,1-3H3,(H2,19,20,21). The van der Waals surface area contributed by atoms with E-state index in [1.165, 1.54) is 12.1 Å². The average molecular weight is 350 g/mol. The van der Waals surface area contributed by atoms with Crippen molar-refractivity contribution in [2.24, 2.45) is 4.99 Å². The highest BCUT2D eigenvalue weighted by Gasteiger charge is 2.07. The minimum Gasteiger partial charge on any atom is -0.489 e. The van der Waals surface area contributed by atoms with Gasteiger partial charge in [0.15, 0.2) is 5.96 Å². The molecule has 1 heterocycles. The van der Waals surface area contributed by atoms with Gasteiger partial charge in [-0.2, -0.15) is 0 Å². The Bertz CT molecular complexity index is 674. The number of hydrogen-bond acceptors (Lipinski definition) is 4. The summed E-state index contributed by atoms with van der Waals surface area (Å²) in [6.07, 6.45) is 0.823. The third-order valence-corrected chi connectivity index (χ3v) is 4.29. The van der Waals surface area contributed by atoms with Crippen LogP contribution in [0.25, 0.3) is 0 Å². The number of hydrogen-bond donors (Lipinski definition) is 2. The van der Waals surface area contributed by atoms with Crippen molar-refractivity contribution < 1.29 is 9.13 Å². The molecule has 0 aliphatic rings. The molecule has 0 saturated heterocycles. The fourth-order valence-corrected chi connectivity index (χ4v) is 2.79. The molecule has 5 nitrogen and oxygen atoms in total. The summed E-state index contributed by atoms with van der Waals surface area (Å²) >= 11 is 1.67. The molecular formula is C17H23FN4OS. The Hall–Kier alpha value is -2.15. The number of nitrogens with one attached hydrogen (secondary N) is 2. The van der Waals surface area contributed by atoms with Gasteiger partial charge in [0.1, 0.15) is 17.7 Å². The molecule has 0 aliphatic carbocycles. The van der Waals surface area contributed by atoms with Crippen LogP contribution < -0.4 is 15.4 Å². The first-order valence-corrected chi connectivity index (χ1v) is 8.78. The topological polar surface area (TPSA) is 58.5 Å². The molecule has 1 atom stereocenters. The van der Waals surface area contributed by atoms with Crippen LogP contribution in [0.4, 0.5) is 4.39 Å². The maximum Gasteiger partial charge on any atom is 0.191 e. The summed E-state index contributed by atoms with van der Waals surface area (Å²) < 4.78 is 18.8. The van der Waals surface area contributed by atoms with Gasteiger partial charge >= 0.3 is 0 Å². The summed E-state index contributed by atoms with van der Waals surface area (Å²) in [6, 6.07) is 6.13. The summed E-state index contributed by atoms with van der Waals surface area (Å²) in [7, 11) is 1.71. The van der Waals surface area contributed by atoms with Crippen molar-refractivity contribution in [3.05, 3.63) is 46.2 Å². The van der Waals surface area contributed by atoms with E-state index in [0.29, 0.717) is 24.8 Å². The molecule has 0 spiro atoms. The van der Waals surface area contributed by atoms with Gasteiger partial charge in [0, 0.05) is 18.5 Å². The molecule has 0 aliphatic heterocycles. The number of guanidine groups is 1. The minimum atomic E-state index is -0.306. The number of benzene rings is 1.